The number of fused-ring (bicyclic) bond motifs is 1. The number of carbonyl (C=O) groups is 1. The summed E-state index contributed by atoms with van der Waals surface area (Å²) >= 11 is 0. The lowest BCUT2D eigenvalue weighted by Gasteiger charge is -2.22. The van der Waals surface area contributed by atoms with Crippen LogP contribution in [-0.4, -0.2) is 40.2 Å². The van der Waals surface area contributed by atoms with E-state index in [1.807, 2.05) is 13.8 Å². The van der Waals surface area contributed by atoms with Crippen molar-refractivity contribution in [2.45, 2.75) is 38.8 Å². The first-order valence-electron chi connectivity index (χ1n) is 8.31. The van der Waals surface area contributed by atoms with E-state index >= 15 is 0 Å². The molecule has 1 saturated heterocycles. The molecule has 1 aromatic heterocycles. The van der Waals surface area contributed by atoms with Crippen LogP contribution in [-0.2, 0) is 9.53 Å². The van der Waals surface area contributed by atoms with Crippen molar-refractivity contribution in [2.75, 3.05) is 13.2 Å². The fraction of sp³-hybridized carbons (Fsp3) is 0.529. The number of aromatic nitrogens is 3. The van der Waals surface area contributed by atoms with E-state index in [0.29, 0.717) is 17.4 Å². The van der Waals surface area contributed by atoms with Crippen LogP contribution < -0.4 is 10.9 Å². The minimum atomic E-state index is -0.698. The smallest absolute Gasteiger partial charge is 0.278 e. The van der Waals surface area contributed by atoms with Crippen LogP contribution in [0, 0.1) is 5.92 Å². The monoisotopic (exact) mass is 330 g/mol. The van der Waals surface area contributed by atoms with E-state index in [9.17, 15) is 9.59 Å². The summed E-state index contributed by atoms with van der Waals surface area (Å²) in [7, 11) is 0. The largest absolute Gasteiger partial charge is 0.376 e. The molecule has 3 rings (SSSR count). The molecule has 2 aromatic rings. The van der Waals surface area contributed by atoms with Crippen LogP contribution in [0.15, 0.2) is 29.1 Å². The van der Waals surface area contributed by atoms with Gasteiger partial charge in [0.1, 0.15) is 11.6 Å². The van der Waals surface area contributed by atoms with Crippen LogP contribution in [0.5, 0.6) is 0 Å². The highest BCUT2D eigenvalue weighted by Gasteiger charge is 2.28. The zero-order valence-electron chi connectivity index (χ0n) is 13.9. The van der Waals surface area contributed by atoms with Gasteiger partial charge in [0.25, 0.3) is 5.56 Å². The van der Waals surface area contributed by atoms with E-state index in [0.717, 1.165) is 19.4 Å². The van der Waals surface area contributed by atoms with Crippen LogP contribution in [0.2, 0.25) is 0 Å². The molecule has 0 radical (unpaired) electrons. The van der Waals surface area contributed by atoms with Crippen LogP contribution in [0.25, 0.3) is 10.9 Å². The van der Waals surface area contributed by atoms with Gasteiger partial charge in [0, 0.05) is 13.2 Å². The van der Waals surface area contributed by atoms with Gasteiger partial charge >= 0.3 is 0 Å². The summed E-state index contributed by atoms with van der Waals surface area (Å²) in [5, 5.41) is 11.4. The number of nitrogens with one attached hydrogen (secondary N) is 1. The summed E-state index contributed by atoms with van der Waals surface area (Å²) in [6.45, 7) is 4.97. The number of hydrogen-bond acceptors (Lipinski definition) is 5. The zero-order valence-corrected chi connectivity index (χ0v) is 13.9. The van der Waals surface area contributed by atoms with Crippen molar-refractivity contribution < 1.29 is 9.53 Å². The minimum Gasteiger partial charge on any atom is -0.376 e. The lowest BCUT2D eigenvalue weighted by Crippen LogP contribution is -2.43. The number of carbonyl (C=O) groups excluding carboxylic acids is 1. The first-order chi connectivity index (χ1) is 11.6. The fourth-order valence-corrected chi connectivity index (χ4v) is 3.00. The highest BCUT2D eigenvalue weighted by Crippen LogP contribution is 2.17. The third-order valence-electron chi connectivity index (χ3n) is 4.28. The highest BCUT2D eigenvalue weighted by atomic mass is 16.5. The maximum atomic E-state index is 12.7. The van der Waals surface area contributed by atoms with Crippen molar-refractivity contribution in [3.8, 4) is 0 Å². The Balaban J connectivity index is 1.86. The molecule has 0 unspecified atom stereocenters. The molecule has 128 valence electrons. The van der Waals surface area contributed by atoms with Crippen molar-refractivity contribution >= 4 is 16.8 Å². The molecule has 1 fully saturated rings. The van der Waals surface area contributed by atoms with Crippen LogP contribution >= 0.6 is 0 Å². The molecule has 1 aliphatic heterocycles. The second kappa shape index (κ2) is 7.09. The number of hydrogen-bond donors (Lipinski definition) is 1. The van der Waals surface area contributed by atoms with Crippen LogP contribution in [0.4, 0.5) is 0 Å². The van der Waals surface area contributed by atoms with Crippen molar-refractivity contribution in [2.24, 2.45) is 5.92 Å². The molecule has 0 saturated carbocycles. The molecular weight excluding hydrogens is 308 g/mol. The van der Waals surface area contributed by atoms with E-state index in [1.54, 1.807) is 24.3 Å². The van der Waals surface area contributed by atoms with Gasteiger partial charge in [-0.3, -0.25) is 9.59 Å². The van der Waals surface area contributed by atoms with Crippen molar-refractivity contribution in [3.63, 3.8) is 0 Å². The lowest BCUT2D eigenvalue weighted by atomic mass is 10.0. The molecule has 1 aliphatic rings. The molecule has 0 aliphatic carbocycles. The van der Waals surface area contributed by atoms with Crippen LogP contribution in [0.1, 0.15) is 32.7 Å². The molecule has 1 N–H and O–H groups in total. The Hall–Kier alpha value is -2.28. The van der Waals surface area contributed by atoms with Gasteiger partial charge in [-0.25, -0.2) is 0 Å². The minimum absolute atomic E-state index is 0.0566. The molecule has 7 heteroatoms. The fourth-order valence-electron chi connectivity index (χ4n) is 3.00. The van der Waals surface area contributed by atoms with E-state index in [2.05, 4.69) is 15.6 Å². The summed E-state index contributed by atoms with van der Waals surface area (Å²) in [4.78, 5) is 25.3. The molecular formula is C17H22N4O3. The predicted molar refractivity (Wildman–Crippen MR) is 89.7 cm³/mol. The molecule has 24 heavy (non-hydrogen) atoms. The van der Waals surface area contributed by atoms with Crippen molar-refractivity contribution in [3.05, 3.63) is 34.6 Å². The Morgan fingerprint density at radius 3 is 2.92 bits per heavy atom. The number of benzene rings is 1. The summed E-state index contributed by atoms with van der Waals surface area (Å²) in [5.74, 6) is -0.324. The first kappa shape index (κ1) is 16.6. The molecule has 1 aromatic carbocycles. The van der Waals surface area contributed by atoms with E-state index in [4.69, 9.17) is 4.74 Å². The predicted octanol–water partition coefficient (Wildman–Crippen LogP) is 1.28. The van der Waals surface area contributed by atoms with Gasteiger partial charge in [0.05, 0.1) is 11.5 Å². The third kappa shape index (κ3) is 3.31. The molecule has 0 spiro atoms. The number of nitrogens with zero attached hydrogens (tertiary/aromatic N) is 3. The van der Waals surface area contributed by atoms with Gasteiger partial charge in [-0.1, -0.05) is 31.2 Å². The van der Waals surface area contributed by atoms with Gasteiger partial charge in [-0.15, -0.1) is 5.10 Å². The molecule has 7 nitrogen and oxygen atoms in total. The summed E-state index contributed by atoms with van der Waals surface area (Å²) in [6, 6.07) is 6.31. The quantitative estimate of drug-likeness (QED) is 0.892. The maximum Gasteiger partial charge on any atom is 0.278 e. The Morgan fingerprint density at radius 2 is 2.21 bits per heavy atom. The van der Waals surface area contributed by atoms with E-state index in [-0.39, 0.29) is 23.5 Å². The third-order valence-corrected chi connectivity index (χ3v) is 4.28. The molecule has 1 amide bonds. The maximum absolute atomic E-state index is 12.7. The molecule has 2 atom stereocenters. The molecule has 2 heterocycles. The Labute approximate surface area is 140 Å². The average molecular weight is 330 g/mol. The number of amides is 1. The van der Waals surface area contributed by atoms with Gasteiger partial charge in [-0.2, -0.15) is 4.68 Å². The van der Waals surface area contributed by atoms with Crippen molar-refractivity contribution in [1.82, 2.24) is 20.3 Å². The SMILES string of the molecule is CC(C)[C@H](C(=O)NC[C@@H]1CCCO1)n1nnc2ccccc2c1=O. The Morgan fingerprint density at radius 1 is 1.42 bits per heavy atom. The first-order valence-corrected chi connectivity index (χ1v) is 8.31. The van der Waals surface area contributed by atoms with Gasteiger partial charge in [-0.05, 0) is 30.9 Å². The van der Waals surface area contributed by atoms with E-state index in [1.165, 1.54) is 4.68 Å². The summed E-state index contributed by atoms with van der Waals surface area (Å²) in [6.07, 6.45) is 2.02. The summed E-state index contributed by atoms with van der Waals surface area (Å²) < 4.78 is 6.71. The standard InChI is InChI=1S/C17H22N4O3/c1-11(2)15(16(22)18-10-12-6-5-9-24-12)21-17(23)13-7-3-4-8-14(13)19-20-21/h3-4,7-8,11-12,15H,5-6,9-10H2,1-2H3,(H,18,22)/t12-,15+/m0/s1. The van der Waals surface area contributed by atoms with Crippen LogP contribution in [0.3, 0.4) is 0 Å². The Bertz CT molecular complexity index is 781. The van der Waals surface area contributed by atoms with Gasteiger partial charge in [0.15, 0.2) is 0 Å². The number of ether oxygens (including phenoxy) is 1. The second-order valence-electron chi connectivity index (χ2n) is 6.43. The average Bonchev–Trinajstić information content (AvgIpc) is 3.09. The van der Waals surface area contributed by atoms with E-state index < -0.39 is 6.04 Å². The van der Waals surface area contributed by atoms with Gasteiger partial charge in [0.2, 0.25) is 5.91 Å². The normalized spacial score (nSPS) is 18.9. The van der Waals surface area contributed by atoms with Gasteiger partial charge < -0.3 is 10.1 Å². The zero-order chi connectivity index (χ0) is 17.1. The Kier molecular flexibility index (Phi) is 4.89. The second-order valence-corrected chi connectivity index (χ2v) is 6.43. The number of rotatable bonds is 5. The lowest BCUT2D eigenvalue weighted by molar-refractivity contribution is -0.126. The topological polar surface area (TPSA) is 86.1 Å². The van der Waals surface area contributed by atoms with Crippen molar-refractivity contribution in [1.29, 1.82) is 0 Å². The molecule has 0 bridgehead atoms. The highest BCUT2D eigenvalue weighted by molar-refractivity contribution is 5.81. The summed E-state index contributed by atoms with van der Waals surface area (Å²) in [5.41, 5.74) is 0.229.